The van der Waals surface area contributed by atoms with E-state index < -0.39 is 34.0 Å². The summed E-state index contributed by atoms with van der Waals surface area (Å²) in [7, 11) is -2.91. The van der Waals surface area contributed by atoms with Gasteiger partial charge in [-0.3, -0.25) is 4.79 Å². The molecule has 1 atom stereocenters. The van der Waals surface area contributed by atoms with Gasteiger partial charge in [-0.1, -0.05) is 58.8 Å². The van der Waals surface area contributed by atoms with Crippen molar-refractivity contribution in [1.29, 1.82) is 0 Å². The van der Waals surface area contributed by atoms with Gasteiger partial charge in [0.2, 0.25) is 0 Å². The lowest BCUT2D eigenvalue weighted by molar-refractivity contribution is -0.134. The van der Waals surface area contributed by atoms with Gasteiger partial charge in [0.1, 0.15) is 22.6 Å². The van der Waals surface area contributed by atoms with Crippen LogP contribution in [0.15, 0.2) is 48.5 Å². The van der Waals surface area contributed by atoms with Crippen LogP contribution in [0.4, 0.5) is 0 Å². The quantitative estimate of drug-likeness (QED) is 0.0504. The highest BCUT2D eigenvalue weighted by atomic mass is 35.5. The maximum Gasteiger partial charge on any atom is 0.343 e. The molecule has 2 aromatic carbocycles. The number of hydrogen-bond donors (Lipinski definition) is 0. The van der Waals surface area contributed by atoms with Crippen LogP contribution in [-0.4, -0.2) is 40.6 Å². The van der Waals surface area contributed by atoms with Crippen LogP contribution in [0.3, 0.4) is 0 Å². The Morgan fingerprint density at radius 3 is 1.69 bits per heavy atom. The maximum absolute atomic E-state index is 12.5. The third-order valence-corrected chi connectivity index (χ3v) is 13.6. The molecule has 0 saturated carbocycles. The van der Waals surface area contributed by atoms with Crippen LogP contribution in [0, 0.1) is 5.92 Å². The summed E-state index contributed by atoms with van der Waals surface area (Å²) in [6.45, 7) is 16.0. The summed E-state index contributed by atoms with van der Waals surface area (Å²) in [4.78, 5) is 24.5. The molecule has 0 amide bonds. The molecule has 0 N–H and O–H groups in total. The fourth-order valence-electron chi connectivity index (χ4n) is 4.66. The molecular weight excluding hydrogens is 584 g/mol. The first-order chi connectivity index (χ1) is 19.8. The van der Waals surface area contributed by atoms with E-state index >= 15 is 0 Å². The largest absolute Gasteiger partial charge is 0.494 e. The van der Waals surface area contributed by atoms with E-state index in [4.69, 9.17) is 29.9 Å². The van der Waals surface area contributed by atoms with Crippen molar-refractivity contribution in [3.63, 3.8) is 0 Å². The van der Waals surface area contributed by atoms with Crippen molar-refractivity contribution in [2.45, 2.75) is 109 Å². The first-order valence-corrected chi connectivity index (χ1v) is 22.3. The lowest BCUT2D eigenvalue weighted by Crippen LogP contribution is -2.42. The Kier molecular flexibility index (Phi) is 15.3. The first kappa shape index (κ1) is 36.1. The van der Waals surface area contributed by atoms with Crippen LogP contribution < -0.4 is 14.2 Å². The number of hydrogen-bond acceptors (Lipinski definition) is 6. The van der Waals surface area contributed by atoms with E-state index in [2.05, 4.69) is 32.7 Å². The van der Waals surface area contributed by atoms with Gasteiger partial charge < -0.3 is 18.3 Å². The molecule has 42 heavy (non-hydrogen) atoms. The van der Waals surface area contributed by atoms with Crippen molar-refractivity contribution in [3.8, 4) is 17.2 Å². The van der Waals surface area contributed by atoms with Gasteiger partial charge in [0.15, 0.2) is 16.6 Å². The molecule has 0 aliphatic carbocycles. The van der Waals surface area contributed by atoms with Gasteiger partial charge >= 0.3 is 11.9 Å². The monoisotopic (exact) mass is 634 g/mol. The van der Waals surface area contributed by atoms with Gasteiger partial charge in [0.25, 0.3) is 0 Å². The molecule has 0 fully saturated rings. The highest BCUT2D eigenvalue weighted by molar-refractivity contribution is 6.84. The van der Waals surface area contributed by atoms with E-state index in [0.717, 1.165) is 18.6 Å². The topological polar surface area (TPSA) is 71.1 Å². The molecule has 0 aliphatic rings. The molecule has 0 radical (unpaired) electrons. The van der Waals surface area contributed by atoms with Crippen molar-refractivity contribution < 1.29 is 27.9 Å². The molecule has 9 heteroatoms. The molecule has 0 saturated heterocycles. The van der Waals surface area contributed by atoms with E-state index in [1.165, 1.54) is 44.6 Å². The molecule has 0 bridgehead atoms. The predicted octanol–water partition coefficient (Wildman–Crippen LogP) is 9.63. The molecular formula is C33H51ClO6Si2. The van der Waals surface area contributed by atoms with Gasteiger partial charge in [-0.2, -0.15) is 0 Å². The molecule has 6 nitrogen and oxygen atoms in total. The summed E-state index contributed by atoms with van der Waals surface area (Å²) in [5.41, 5.74) is 0.425. The minimum absolute atomic E-state index is 0.0358. The lowest BCUT2D eigenvalue weighted by Gasteiger charge is -2.31. The Morgan fingerprint density at radius 2 is 1.17 bits per heavy atom. The van der Waals surface area contributed by atoms with Crippen LogP contribution in [0.25, 0.3) is 0 Å². The summed E-state index contributed by atoms with van der Waals surface area (Å²) in [5, 5.41) is -0.723. The predicted molar refractivity (Wildman–Crippen MR) is 177 cm³/mol. The van der Waals surface area contributed by atoms with E-state index in [1.807, 2.05) is 13.8 Å². The van der Waals surface area contributed by atoms with E-state index in [0.29, 0.717) is 23.7 Å². The average Bonchev–Trinajstić information content (AvgIpc) is 2.91. The van der Waals surface area contributed by atoms with Crippen molar-refractivity contribution in [2.75, 3.05) is 6.61 Å². The van der Waals surface area contributed by atoms with Crippen LogP contribution >= 0.6 is 11.6 Å². The Hall–Kier alpha value is -2.14. The molecule has 0 aromatic heterocycles. The number of alkyl halides is 1. The standard InChI is InChI=1S/C33H51ClO6Si2/c1-26(2)31(34)33(36)39-30-22-20-29(21-23-30)38-32(35)27-16-18-28(19-17-27)37-24-14-12-10-8-9-11-13-15-25-42(6,7)40-41(3,4)5/h16-23,26,31H,8-15,24-25H2,1-7H3. The first-order valence-electron chi connectivity index (χ1n) is 15.4. The van der Waals surface area contributed by atoms with Crippen molar-refractivity contribution in [3.05, 3.63) is 54.1 Å². The second kappa shape index (κ2) is 17.9. The van der Waals surface area contributed by atoms with E-state index in [-0.39, 0.29) is 5.92 Å². The van der Waals surface area contributed by atoms with Crippen LogP contribution in [0.2, 0.25) is 38.8 Å². The minimum atomic E-state index is -1.48. The number of carbonyl (C=O) groups is 2. The summed E-state index contributed by atoms with van der Waals surface area (Å²) in [6, 6.07) is 14.5. The zero-order chi connectivity index (χ0) is 31.2. The molecule has 1 unspecified atom stereocenters. The molecule has 0 spiro atoms. The second-order valence-electron chi connectivity index (χ2n) is 12.9. The van der Waals surface area contributed by atoms with Crippen LogP contribution in [0.5, 0.6) is 17.2 Å². The third kappa shape index (κ3) is 14.9. The number of carbonyl (C=O) groups excluding carboxylic acids is 2. The lowest BCUT2D eigenvalue weighted by atomic mass is 10.1. The maximum atomic E-state index is 12.5. The smallest absolute Gasteiger partial charge is 0.343 e. The van der Waals surface area contributed by atoms with Gasteiger partial charge in [0, 0.05) is 0 Å². The van der Waals surface area contributed by atoms with E-state index in [9.17, 15) is 9.59 Å². The molecule has 2 aromatic rings. The van der Waals surface area contributed by atoms with Crippen molar-refractivity contribution in [2.24, 2.45) is 5.92 Å². The number of benzene rings is 2. The molecule has 0 heterocycles. The third-order valence-electron chi connectivity index (χ3n) is 6.68. The fraction of sp³-hybridized carbons (Fsp3) is 0.576. The number of unbranched alkanes of at least 4 members (excludes halogenated alkanes) is 7. The summed E-state index contributed by atoms with van der Waals surface area (Å²) in [6.07, 6.45) is 9.94. The number of ether oxygens (including phenoxy) is 3. The van der Waals surface area contributed by atoms with Crippen molar-refractivity contribution in [1.82, 2.24) is 0 Å². The summed E-state index contributed by atoms with van der Waals surface area (Å²) >= 11 is 6.03. The van der Waals surface area contributed by atoms with Crippen LogP contribution in [-0.2, 0) is 8.91 Å². The Balaban J connectivity index is 1.58. The normalized spacial score (nSPS) is 12.7. The van der Waals surface area contributed by atoms with Gasteiger partial charge in [-0.25, -0.2) is 4.79 Å². The molecule has 234 valence electrons. The number of rotatable bonds is 19. The van der Waals surface area contributed by atoms with Gasteiger partial charge in [-0.05, 0) is 99.6 Å². The highest BCUT2D eigenvalue weighted by Crippen LogP contribution is 2.23. The fourth-order valence-corrected chi connectivity index (χ4v) is 12.8. The minimum Gasteiger partial charge on any atom is -0.494 e. The second-order valence-corrected chi connectivity index (χ2v) is 22.4. The number of halogens is 1. The summed E-state index contributed by atoms with van der Waals surface area (Å²) in [5.74, 6) is 0.409. The zero-order valence-corrected chi connectivity index (χ0v) is 29.4. The van der Waals surface area contributed by atoms with Gasteiger partial charge in [0.05, 0.1) is 12.2 Å². The SMILES string of the molecule is CC(C)C(Cl)C(=O)Oc1ccc(OC(=O)c2ccc(OCCCCCCCCCC[Si](C)(C)O[Si](C)(C)C)cc2)cc1. The Bertz CT molecular complexity index is 1080. The van der Waals surface area contributed by atoms with Gasteiger partial charge in [-0.15, -0.1) is 11.6 Å². The number of esters is 2. The molecule has 2 rings (SSSR count). The Labute approximate surface area is 260 Å². The Morgan fingerprint density at radius 1 is 0.690 bits per heavy atom. The average molecular weight is 635 g/mol. The van der Waals surface area contributed by atoms with Crippen molar-refractivity contribution >= 4 is 40.2 Å². The van der Waals surface area contributed by atoms with E-state index in [1.54, 1.807) is 48.5 Å². The zero-order valence-electron chi connectivity index (χ0n) is 26.7. The molecule has 0 aliphatic heterocycles. The highest BCUT2D eigenvalue weighted by Gasteiger charge is 2.28. The van der Waals surface area contributed by atoms with Crippen LogP contribution in [0.1, 0.15) is 75.6 Å². The summed E-state index contributed by atoms with van der Waals surface area (Å²) < 4.78 is 23.0.